The van der Waals surface area contributed by atoms with Crippen LogP contribution in [0.2, 0.25) is 0 Å². The summed E-state index contributed by atoms with van der Waals surface area (Å²) in [6.07, 6.45) is 1.03. The summed E-state index contributed by atoms with van der Waals surface area (Å²) in [5, 5.41) is 0.660. The summed E-state index contributed by atoms with van der Waals surface area (Å²) in [6, 6.07) is 9.29. The van der Waals surface area contributed by atoms with E-state index in [1.165, 1.54) is 11.3 Å². The molecule has 0 bridgehead atoms. The van der Waals surface area contributed by atoms with Gasteiger partial charge in [-0.05, 0) is 31.0 Å². The van der Waals surface area contributed by atoms with E-state index in [1.54, 1.807) is 0 Å². The van der Waals surface area contributed by atoms with Crippen molar-refractivity contribution in [1.29, 1.82) is 0 Å². The summed E-state index contributed by atoms with van der Waals surface area (Å²) in [6.45, 7) is 9.29. The maximum atomic E-state index is 6.10. The van der Waals surface area contributed by atoms with E-state index in [0.717, 1.165) is 25.3 Å². The molecule has 1 heterocycles. The molecular weight excluding hydrogens is 280 g/mol. The van der Waals surface area contributed by atoms with Crippen molar-refractivity contribution in [3.63, 3.8) is 0 Å². The first kappa shape index (κ1) is 16.7. The lowest BCUT2D eigenvalue weighted by molar-refractivity contribution is 0.150. The first-order valence-electron chi connectivity index (χ1n) is 7.97. The van der Waals surface area contributed by atoms with Crippen LogP contribution in [0.5, 0.6) is 5.75 Å². The molecule has 1 aliphatic heterocycles. The Kier molecular flexibility index (Phi) is 6.40. The average Bonchev–Trinajstić information content (AvgIpc) is 2.50. The molecule has 3 unspecified atom stereocenters. The molecule has 4 heteroatoms. The smallest absolute Gasteiger partial charge is 0.119 e. The quantitative estimate of drug-likeness (QED) is 0.875. The van der Waals surface area contributed by atoms with E-state index in [4.69, 9.17) is 10.5 Å². The molecule has 0 aromatic heterocycles. The topological polar surface area (TPSA) is 38.5 Å². The molecule has 118 valence electrons. The molecule has 0 aliphatic carbocycles. The van der Waals surface area contributed by atoms with Crippen LogP contribution in [0.1, 0.15) is 38.8 Å². The van der Waals surface area contributed by atoms with Crippen LogP contribution in [0.3, 0.4) is 0 Å². The predicted molar refractivity (Wildman–Crippen MR) is 92.1 cm³/mol. The van der Waals surface area contributed by atoms with E-state index in [9.17, 15) is 0 Å². The second kappa shape index (κ2) is 8.06. The molecule has 0 spiro atoms. The second-order valence-electron chi connectivity index (χ2n) is 5.73. The normalized spacial score (nSPS) is 24.8. The molecule has 1 aromatic rings. The highest BCUT2D eigenvalue weighted by Gasteiger charge is 2.30. The summed E-state index contributed by atoms with van der Waals surface area (Å²) >= 11 is 2.06. The Hall–Kier alpha value is -0.710. The van der Waals surface area contributed by atoms with Crippen molar-refractivity contribution in [1.82, 2.24) is 4.90 Å². The molecule has 3 atom stereocenters. The zero-order chi connectivity index (χ0) is 15.2. The maximum Gasteiger partial charge on any atom is 0.119 e. The fraction of sp³-hybridized carbons (Fsp3) is 0.647. The number of benzene rings is 1. The Bertz CT molecular complexity index is 441. The van der Waals surface area contributed by atoms with Crippen molar-refractivity contribution in [3.05, 3.63) is 29.8 Å². The lowest BCUT2D eigenvalue weighted by Gasteiger charge is -2.42. The molecule has 0 radical (unpaired) electrons. The highest BCUT2D eigenvalue weighted by atomic mass is 32.2. The number of hydrogen-bond acceptors (Lipinski definition) is 4. The Morgan fingerprint density at radius 3 is 2.95 bits per heavy atom. The van der Waals surface area contributed by atoms with E-state index >= 15 is 0 Å². The van der Waals surface area contributed by atoms with Crippen LogP contribution in [0.15, 0.2) is 24.3 Å². The van der Waals surface area contributed by atoms with Crippen molar-refractivity contribution in [2.75, 3.05) is 25.4 Å². The van der Waals surface area contributed by atoms with Crippen LogP contribution in [0, 0.1) is 0 Å². The largest absolute Gasteiger partial charge is 0.494 e. The minimum Gasteiger partial charge on any atom is -0.494 e. The first-order valence-corrected chi connectivity index (χ1v) is 9.02. The zero-order valence-electron chi connectivity index (χ0n) is 13.4. The van der Waals surface area contributed by atoms with Crippen LogP contribution in [-0.4, -0.2) is 41.6 Å². The minimum atomic E-state index is 0.286. The number of hydrogen-bond donors (Lipinski definition) is 1. The van der Waals surface area contributed by atoms with Gasteiger partial charge in [0.2, 0.25) is 0 Å². The molecule has 1 aliphatic rings. The van der Waals surface area contributed by atoms with Crippen molar-refractivity contribution in [3.8, 4) is 5.75 Å². The van der Waals surface area contributed by atoms with Gasteiger partial charge in [-0.3, -0.25) is 4.90 Å². The zero-order valence-corrected chi connectivity index (χ0v) is 14.2. The van der Waals surface area contributed by atoms with Gasteiger partial charge in [0, 0.05) is 36.2 Å². The van der Waals surface area contributed by atoms with Gasteiger partial charge >= 0.3 is 0 Å². The first-order chi connectivity index (χ1) is 10.2. The van der Waals surface area contributed by atoms with Crippen molar-refractivity contribution in [2.45, 2.75) is 44.5 Å². The average molecular weight is 308 g/mol. The molecule has 1 saturated heterocycles. The summed E-state index contributed by atoms with van der Waals surface area (Å²) in [4.78, 5) is 2.56. The summed E-state index contributed by atoms with van der Waals surface area (Å²) in [5.41, 5.74) is 7.38. The minimum absolute atomic E-state index is 0.286. The highest BCUT2D eigenvalue weighted by Crippen LogP contribution is 2.32. The third-order valence-electron chi connectivity index (χ3n) is 4.27. The van der Waals surface area contributed by atoms with Crippen molar-refractivity contribution in [2.24, 2.45) is 5.73 Å². The molecule has 3 nitrogen and oxygen atoms in total. The molecule has 2 N–H and O–H groups in total. The fourth-order valence-electron chi connectivity index (χ4n) is 2.89. The van der Waals surface area contributed by atoms with Gasteiger partial charge in [0.1, 0.15) is 5.75 Å². The SMILES string of the molecule is CCCOc1cccc(C(CN)N2CCSC(C)C2C)c1. The van der Waals surface area contributed by atoms with Crippen LogP contribution in [0.4, 0.5) is 0 Å². The number of thioether (sulfide) groups is 1. The predicted octanol–water partition coefficient (Wildman–Crippen LogP) is 3.30. The van der Waals surface area contributed by atoms with Crippen LogP contribution in [0.25, 0.3) is 0 Å². The molecular formula is C17H28N2OS. The van der Waals surface area contributed by atoms with E-state index in [2.05, 4.69) is 55.6 Å². The lowest BCUT2D eigenvalue weighted by atomic mass is 10.0. The third kappa shape index (κ3) is 4.15. The Morgan fingerprint density at radius 1 is 1.43 bits per heavy atom. The molecule has 1 aromatic carbocycles. The summed E-state index contributed by atoms with van der Waals surface area (Å²) in [7, 11) is 0. The second-order valence-corrected chi connectivity index (χ2v) is 7.21. The van der Waals surface area contributed by atoms with Gasteiger partial charge in [0.25, 0.3) is 0 Å². The van der Waals surface area contributed by atoms with Gasteiger partial charge < -0.3 is 10.5 Å². The van der Waals surface area contributed by atoms with E-state index < -0.39 is 0 Å². The number of nitrogens with two attached hydrogens (primary N) is 1. The number of rotatable bonds is 6. The monoisotopic (exact) mass is 308 g/mol. The van der Waals surface area contributed by atoms with Crippen molar-refractivity contribution < 1.29 is 4.74 Å². The summed E-state index contributed by atoms with van der Waals surface area (Å²) in [5.74, 6) is 2.15. The Labute approximate surface area is 133 Å². The van der Waals surface area contributed by atoms with Gasteiger partial charge in [-0.25, -0.2) is 0 Å². The van der Waals surface area contributed by atoms with Gasteiger partial charge in [0.15, 0.2) is 0 Å². The standard InChI is InChI=1S/C17H28N2OS/c1-4-9-20-16-7-5-6-15(11-16)17(12-18)19-8-10-21-14(3)13(19)2/h5-7,11,13-14,17H,4,8-10,12,18H2,1-3H3. The maximum absolute atomic E-state index is 6.10. The Balaban J connectivity index is 2.16. The third-order valence-corrected chi connectivity index (χ3v) is 5.61. The Morgan fingerprint density at radius 2 is 2.24 bits per heavy atom. The fourth-order valence-corrected chi connectivity index (χ4v) is 4.01. The van der Waals surface area contributed by atoms with E-state index in [-0.39, 0.29) is 6.04 Å². The van der Waals surface area contributed by atoms with Crippen LogP contribution in [-0.2, 0) is 0 Å². The molecule has 0 saturated carbocycles. The molecule has 21 heavy (non-hydrogen) atoms. The van der Waals surface area contributed by atoms with E-state index in [1.807, 2.05) is 6.07 Å². The van der Waals surface area contributed by atoms with Gasteiger partial charge in [-0.1, -0.05) is 26.0 Å². The van der Waals surface area contributed by atoms with Gasteiger partial charge in [-0.15, -0.1) is 0 Å². The number of nitrogens with zero attached hydrogens (tertiary/aromatic N) is 1. The number of ether oxygens (including phenoxy) is 1. The lowest BCUT2D eigenvalue weighted by Crippen LogP contribution is -2.48. The van der Waals surface area contributed by atoms with Crippen LogP contribution >= 0.6 is 11.8 Å². The molecule has 2 rings (SSSR count). The molecule has 1 fully saturated rings. The van der Waals surface area contributed by atoms with E-state index in [0.29, 0.717) is 17.8 Å². The summed E-state index contributed by atoms with van der Waals surface area (Å²) < 4.78 is 5.76. The van der Waals surface area contributed by atoms with Crippen molar-refractivity contribution >= 4 is 11.8 Å². The molecule has 0 amide bonds. The van der Waals surface area contributed by atoms with Crippen LogP contribution < -0.4 is 10.5 Å². The highest BCUT2D eigenvalue weighted by molar-refractivity contribution is 8.00. The van der Waals surface area contributed by atoms with Gasteiger partial charge in [-0.2, -0.15) is 11.8 Å². The van der Waals surface area contributed by atoms with Gasteiger partial charge in [0.05, 0.1) is 6.61 Å².